The van der Waals surface area contributed by atoms with Crippen LogP contribution in [0.15, 0.2) is 29.2 Å². The van der Waals surface area contributed by atoms with Gasteiger partial charge in [0.2, 0.25) is 0 Å². The van der Waals surface area contributed by atoms with Crippen LogP contribution in [0.25, 0.3) is 0 Å². The van der Waals surface area contributed by atoms with Gasteiger partial charge in [-0.15, -0.1) is 0 Å². The number of aliphatic hydroxyl groups is 1. The summed E-state index contributed by atoms with van der Waals surface area (Å²) >= 11 is 0. The Kier molecular flexibility index (Phi) is 5.57. The van der Waals surface area contributed by atoms with Crippen molar-refractivity contribution in [3.63, 3.8) is 0 Å². The van der Waals surface area contributed by atoms with Crippen molar-refractivity contribution in [1.29, 1.82) is 5.26 Å². The quantitative estimate of drug-likeness (QED) is 0.887. The Hall–Kier alpha value is -1.42. The van der Waals surface area contributed by atoms with Gasteiger partial charge in [-0.25, -0.2) is 8.42 Å². The number of piperidine rings is 1. The summed E-state index contributed by atoms with van der Waals surface area (Å²) in [4.78, 5) is 2.33. The van der Waals surface area contributed by atoms with E-state index in [-0.39, 0.29) is 23.3 Å². The first-order chi connectivity index (χ1) is 10.5. The van der Waals surface area contributed by atoms with Crippen molar-refractivity contribution in [3.8, 4) is 6.07 Å². The lowest BCUT2D eigenvalue weighted by Crippen LogP contribution is -2.48. The molecule has 1 aromatic rings. The normalized spacial score (nSPS) is 23.1. The number of hydrogen-bond donors (Lipinski definition) is 1. The fourth-order valence-corrected chi connectivity index (χ4v) is 4.26. The molecular weight excluding hydrogens is 300 g/mol. The highest BCUT2D eigenvalue weighted by Crippen LogP contribution is 2.23. The minimum atomic E-state index is -3.37. The van der Waals surface area contributed by atoms with Crippen molar-refractivity contribution < 1.29 is 13.5 Å². The second-order valence-corrected chi connectivity index (χ2v) is 7.97. The van der Waals surface area contributed by atoms with Crippen LogP contribution in [0.2, 0.25) is 0 Å². The maximum absolute atomic E-state index is 12.4. The lowest BCUT2D eigenvalue weighted by molar-refractivity contribution is 0.0578. The summed E-state index contributed by atoms with van der Waals surface area (Å²) in [5, 5.41) is 18.3. The number of rotatable bonds is 5. The fourth-order valence-electron chi connectivity index (χ4n) is 3.00. The molecule has 1 fully saturated rings. The van der Waals surface area contributed by atoms with E-state index in [9.17, 15) is 13.5 Å². The van der Waals surface area contributed by atoms with Crippen LogP contribution in [0, 0.1) is 17.2 Å². The number of benzene rings is 1. The van der Waals surface area contributed by atoms with Gasteiger partial charge in [-0.1, -0.05) is 6.92 Å². The number of hydrogen-bond acceptors (Lipinski definition) is 5. The Labute approximate surface area is 132 Å². The van der Waals surface area contributed by atoms with Crippen LogP contribution < -0.4 is 0 Å². The average molecular weight is 322 g/mol. The molecule has 0 aromatic heterocycles. The first kappa shape index (κ1) is 16.9. The predicted octanol–water partition coefficient (Wildman–Crippen LogP) is 1.42. The highest BCUT2D eigenvalue weighted by molar-refractivity contribution is 7.91. The number of aliphatic hydroxyl groups excluding tert-OH is 1. The molecule has 0 amide bonds. The molecule has 22 heavy (non-hydrogen) atoms. The largest absolute Gasteiger partial charge is 0.395 e. The molecule has 1 aliphatic rings. The molecule has 0 bridgehead atoms. The van der Waals surface area contributed by atoms with Gasteiger partial charge < -0.3 is 5.11 Å². The molecule has 1 aliphatic heterocycles. The van der Waals surface area contributed by atoms with Crippen LogP contribution >= 0.6 is 0 Å². The van der Waals surface area contributed by atoms with Crippen LogP contribution in [0.5, 0.6) is 0 Å². The maximum Gasteiger partial charge on any atom is 0.179 e. The third-order valence-corrected chi connectivity index (χ3v) is 6.12. The van der Waals surface area contributed by atoms with Crippen LogP contribution in [0.4, 0.5) is 0 Å². The van der Waals surface area contributed by atoms with Crippen molar-refractivity contribution in [3.05, 3.63) is 29.8 Å². The molecule has 120 valence electrons. The van der Waals surface area contributed by atoms with Gasteiger partial charge >= 0.3 is 0 Å². The van der Waals surface area contributed by atoms with Gasteiger partial charge in [0.1, 0.15) is 0 Å². The van der Waals surface area contributed by atoms with E-state index in [0.717, 1.165) is 19.4 Å². The van der Waals surface area contributed by atoms with E-state index in [1.807, 2.05) is 6.07 Å². The van der Waals surface area contributed by atoms with Gasteiger partial charge in [0.05, 0.1) is 28.9 Å². The van der Waals surface area contributed by atoms with Crippen molar-refractivity contribution in [2.24, 2.45) is 5.92 Å². The molecule has 0 radical (unpaired) electrons. The number of nitrogens with zero attached hydrogens (tertiary/aromatic N) is 2. The third kappa shape index (κ3) is 3.86. The zero-order chi connectivity index (χ0) is 16.2. The molecule has 0 aliphatic carbocycles. The summed E-state index contributed by atoms with van der Waals surface area (Å²) < 4.78 is 24.8. The zero-order valence-corrected chi connectivity index (χ0v) is 13.6. The van der Waals surface area contributed by atoms with Gasteiger partial charge in [-0.3, -0.25) is 4.90 Å². The molecule has 2 unspecified atom stereocenters. The summed E-state index contributed by atoms with van der Waals surface area (Å²) in [6, 6.07) is 8.03. The third-order valence-electron chi connectivity index (χ3n) is 4.41. The van der Waals surface area contributed by atoms with E-state index in [2.05, 4.69) is 11.8 Å². The predicted molar refractivity (Wildman–Crippen MR) is 84.1 cm³/mol. The van der Waals surface area contributed by atoms with E-state index in [0.29, 0.717) is 18.0 Å². The highest BCUT2D eigenvalue weighted by atomic mass is 32.2. The summed E-state index contributed by atoms with van der Waals surface area (Å²) in [7, 11) is -3.37. The Bertz CT molecular complexity index is 634. The maximum atomic E-state index is 12.4. The van der Waals surface area contributed by atoms with Crippen LogP contribution in [-0.4, -0.2) is 49.9 Å². The molecule has 0 spiro atoms. The molecule has 1 heterocycles. The van der Waals surface area contributed by atoms with E-state index in [4.69, 9.17) is 5.26 Å². The standard InChI is InChI=1S/C16H22N2O3S/c1-13-3-2-8-18(16(13)12-19)9-10-22(20,21)15-6-4-14(11-17)5-7-15/h4-7,13,16,19H,2-3,8-10,12H2,1H3. The SMILES string of the molecule is CC1CCCN(CCS(=O)(=O)c2ccc(C#N)cc2)C1CO. The fraction of sp³-hybridized carbons (Fsp3) is 0.562. The molecule has 2 atom stereocenters. The zero-order valence-electron chi connectivity index (χ0n) is 12.8. The van der Waals surface area contributed by atoms with Crippen molar-refractivity contribution in [1.82, 2.24) is 4.90 Å². The second kappa shape index (κ2) is 7.23. The minimum Gasteiger partial charge on any atom is -0.395 e. The Morgan fingerprint density at radius 1 is 1.36 bits per heavy atom. The summed E-state index contributed by atoms with van der Waals surface area (Å²) in [6.07, 6.45) is 2.11. The van der Waals surface area contributed by atoms with Crippen LogP contribution in [-0.2, 0) is 9.84 Å². The average Bonchev–Trinajstić information content (AvgIpc) is 2.53. The van der Waals surface area contributed by atoms with Crippen molar-refractivity contribution >= 4 is 9.84 Å². The summed E-state index contributed by atoms with van der Waals surface area (Å²) in [5.74, 6) is 0.415. The van der Waals surface area contributed by atoms with E-state index >= 15 is 0 Å². The number of likely N-dealkylation sites (tertiary alicyclic amines) is 1. The topological polar surface area (TPSA) is 81.4 Å². The molecular formula is C16H22N2O3S. The molecule has 5 nitrogen and oxygen atoms in total. The molecule has 1 saturated heterocycles. The number of nitriles is 1. The summed E-state index contributed by atoms with van der Waals surface area (Å²) in [5.41, 5.74) is 0.448. The highest BCUT2D eigenvalue weighted by Gasteiger charge is 2.28. The Morgan fingerprint density at radius 3 is 2.64 bits per heavy atom. The van der Waals surface area contributed by atoms with Gasteiger partial charge in [-0.05, 0) is 49.6 Å². The minimum absolute atomic E-state index is 0.0299. The Morgan fingerprint density at radius 2 is 2.05 bits per heavy atom. The molecule has 1 aromatic carbocycles. The van der Waals surface area contributed by atoms with Crippen molar-refractivity contribution in [2.75, 3.05) is 25.4 Å². The van der Waals surface area contributed by atoms with Crippen molar-refractivity contribution in [2.45, 2.75) is 30.7 Å². The van der Waals surface area contributed by atoms with Crippen LogP contribution in [0.1, 0.15) is 25.3 Å². The monoisotopic (exact) mass is 322 g/mol. The number of sulfone groups is 1. The molecule has 0 saturated carbocycles. The van der Waals surface area contributed by atoms with E-state index in [1.165, 1.54) is 24.3 Å². The van der Waals surface area contributed by atoms with E-state index in [1.54, 1.807) is 0 Å². The molecule has 1 N–H and O–H groups in total. The molecule has 6 heteroatoms. The Balaban J connectivity index is 2.04. The van der Waals surface area contributed by atoms with Gasteiger partial charge in [0.25, 0.3) is 0 Å². The van der Waals surface area contributed by atoms with E-state index < -0.39 is 9.84 Å². The van der Waals surface area contributed by atoms with Gasteiger partial charge in [0, 0.05) is 12.6 Å². The first-order valence-corrected chi connectivity index (χ1v) is 9.21. The van der Waals surface area contributed by atoms with Gasteiger partial charge in [0.15, 0.2) is 9.84 Å². The second-order valence-electron chi connectivity index (χ2n) is 5.86. The van der Waals surface area contributed by atoms with Gasteiger partial charge in [-0.2, -0.15) is 5.26 Å². The molecule has 2 rings (SSSR count). The first-order valence-electron chi connectivity index (χ1n) is 7.56. The smallest absolute Gasteiger partial charge is 0.179 e. The lowest BCUT2D eigenvalue weighted by atomic mass is 9.91. The lowest BCUT2D eigenvalue weighted by Gasteiger charge is -2.38. The summed E-state index contributed by atoms with van der Waals surface area (Å²) in [6.45, 7) is 3.43. The van der Waals surface area contributed by atoms with Crippen LogP contribution in [0.3, 0.4) is 0 Å².